The second-order valence-corrected chi connectivity index (χ2v) is 6.12. The van der Waals surface area contributed by atoms with Crippen LogP contribution in [0.5, 0.6) is 0 Å². The van der Waals surface area contributed by atoms with E-state index in [1.165, 1.54) is 5.56 Å². The summed E-state index contributed by atoms with van der Waals surface area (Å²) in [5.41, 5.74) is 4.32. The van der Waals surface area contributed by atoms with E-state index in [1.807, 2.05) is 72.4 Å². The molecule has 1 atom stereocenters. The van der Waals surface area contributed by atoms with E-state index >= 15 is 0 Å². The van der Waals surface area contributed by atoms with Crippen molar-refractivity contribution in [3.8, 4) is 11.1 Å². The molecule has 0 saturated heterocycles. The van der Waals surface area contributed by atoms with E-state index in [-0.39, 0.29) is 11.9 Å². The molecule has 1 heterocycles. The first-order chi connectivity index (χ1) is 12.2. The average molecular weight is 331 g/mol. The number of nitrogens with zero attached hydrogens (tertiary/aromatic N) is 1. The van der Waals surface area contributed by atoms with Crippen molar-refractivity contribution in [2.75, 3.05) is 5.32 Å². The van der Waals surface area contributed by atoms with Crippen molar-refractivity contribution in [3.63, 3.8) is 0 Å². The minimum atomic E-state index is -0.297. The fraction of sp³-hybridized carbons (Fsp3) is 0.182. The van der Waals surface area contributed by atoms with E-state index in [0.29, 0.717) is 0 Å². The standard InChI is InChI=1S/C22H22N2O/c1-3-18-11-13-21(14-12-18)23-22(25)17(2)24-15-7-10-20(16-24)19-8-5-4-6-9-19/h4-17H,3H2,1-2H3/p+1/t17-/m0/s1. The van der Waals surface area contributed by atoms with E-state index in [1.54, 1.807) is 0 Å². The highest BCUT2D eigenvalue weighted by Gasteiger charge is 2.22. The number of amides is 1. The normalized spacial score (nSPS) is 11.8. The summed E-state index contributed by atoms with van der Waals surface area (Å²) >= 11 is 0. The van der Waals surface area contributed by atoms with E-state index in [9.17, 15) is 4.79 Å². The van der Waals surface area contributed by atoms with Crippen LogP contribution in [0.3, 0.4) is 0 Å². The maximum absolute atomic E-state index is 12.6. The van der Waals surface area contributed by atoms with Gasteiger partial charge in [-0.1, -0.05) is 49.4 Å². The van der Waals surface area contributed by atoms with Gasteiger partial charge in [0, 0.05) is 24.2 Å². The topological polar surface area (TPSA) is 33.0 Å². The lowest BCUT2D eigenvalue weighted by molar-refractivity contribution is -0.705. The number of hydrogen-bond acceptors (Lipinski definition) is 1. The Bertz CT molecular complexity index is 841. The van der Waals surface area contributed by atoms with Gasteiger partial charge < -0.3 is 5.32 Å². The van der Waals surface area contributed by atoms with Crippen molar-refractivity contribution in [1.29, 1.82) is 0 Å². The summed E-state index contributed by atoms with van der Waals surface area (Å²) in [7, 11) is 0. The van der Waals surface area contributed by atoms with Crippen LogP contribution in [0, 0.1) is 0 Å². The Balaban J connectivity index is 1.75. The summed E-state index contributed by atoms with van der Waals surface area (Å²) in [6.07, 6.45) is 4.93. The molecule has 0 spiro atoms. The Kier molecular flexibility index (Phi) is 5.24. The number of aryl methyl sites for hydroxylation is 1. The molecule has 0 fully saturated rings. The third-order valence-electron chi connectivity index (χ3n) is 4.39. The zero-order valence-corrected chi connectivity index (χ0v) is 14.6. The molecule has 0 aliphatic rings. The van der Waals surface area contributed by atoms with Gasteiger partial charge in [-0.3, -0.25) is 4.79 Å². The molecule has 3 heteroatoms. The lowest BCUT2D eigenvalue weighted by Crippen LogP contribution is -2.44. The molecule has 2 aromatic carbocycles. The minimum Gasteiger partial charge on any atom is -0.320 e. The zero-order chi connectivity index (χ0) is 17.6. The summed E-state index contributed by atoms with van der Waals surface area (Å²) in [6, 6.07) is 21.9. The molecule has 0 unspecified atom stereocenters. The third-order valence-corrected chi connectivity index (χ3v) is 4.39. The van der Waals surface area contributed by atoms with Crippen LogP contribution in [0.15, 0.2) is 79.1 Å². The quantitative estimate of drug-likeness (QED) is 0.691. The average Bonchev–Trinajstić information content (AvgIpc) is 2.68. The van der Waals surface area contributed by atoms with Gasteiger partial charge in [-0.15, -0.1) is 0 Å². The molecule has 3 rings (SSSR count). The highest BCUT2D eigenvalue weighted by molar-refractivity contribution is 5.92. The second kappa shape index (κ2) is 7.75. The predicted molar refractivity (Wildman–Crippen MR) is 101 cm³/mol. The van der Waals surface area contributed by atoms with Gasteiger partial charge in [-0.05, 0) is 35.7 Å². The molecule has 1 aromatic heterocycles. The van der Waals surface area contributed by atoms with Crippen molar-refractivity contribution in [1.82, 2.24) is 0 Å². The predicted octanol–water partition coefficient (Wildman–Crippen LogP) is 4.40. The molecule has 0 saturated carbocycles. The van der Waals surface area contributed by atoms with Crippen LogP contribution in [-0.2, 0) is 11.2 Å². The van der Waals surface area contributed by atoms with Crippen molar-refractivity contribution in [2.24, 2.45) is 0 Å². The molecule has 0 aliphatic carbocycles. The van der Waals surface area contributed by atoms with Gasteiger partial charge in [0.15, 0.2) is 12.4 Å². The van der Waals surface area contributed by atoms with Crippen molar-refractivity contribution in [3.05, 3.63) is 84.7 Å². The highest BCUT2D eigenvalue weighted by Crippen LogP contribution is 2.17. The maximum Gasteiger partial charge on any atom is 0.293 e. The molecule has 1 amide bonds. The fourth-order valence-corrected chi connectivity index (χ4v) is 2.74. The lowest BCUT2D eigenvalue weighted by atomic mass is 10.1. The summed E-state index contributed by atoms with van der Waals surface area (Å²) in [6.45, 7) is 4.02. The van der Waals surface area contributed by atoms with Gasteiger partial charge in [0.1, 0.15) is 0 Å². The molecule has 0 radical (unpaired) electrons. The summed E-state index contributed by atoms with van der Waals surface area (Å²) < 4.78 is 1.94. The van der Waals surface area contributed by atoms with Crippen LogP contribution in [0.25, 0.3) is 11.1 Å². The van der Waals surface area contributed by atoms with Gasteiger partial charge in [0.05, 0.1) is 0 Å². The summed E-state index contributed by atoms with van der Waals surface area (Å²) in [5, 5.41) is 2.99. The van der Waals surface area contributed by atoms with Gasteiger partial charge in [-0.25, -0.2) is 0 Å². The first kappa shape index (κ1) is 16.9. The van der Waals surface area contributed by atoms with Crippen LogP contribution in [-0.4, -0.2) is 5.91 Å². The number of aromatic nitrogens is 1. The Hall–Kier alpha value is -2.94. The van der Waals surface area contributed by atoms with Gasteiger partial charge in [0.25, 0.3) is 5.91 Å². The molecule has 126 valence electrons. The Morgan fingerprint density at radius 1 is 0.960 bits per heavy atom. The fourth-order valence-electron chi connectivity index (χ4n) is 2.74. The molecule has 3 nitrogen and oxygen atoms in total. The zero-order valence-electron chi connectivity index (χ0n) is 14.6. The molecule has 1 N–H and O–H groups in total. The van der Waals surface area contributed by atoms with Crippen molar-refractivity contribution >= 4 is 11.6 Å². The van der Waals surface area contributed by atoms with E-state index < -0.39 is 0 Å². The SMILES string of the molecule is CCc1ccc(NC(=O)[C@H](C)[n+]2cccc(-c3ccccc3)c2)cc1. The first-order valence-electron chi connectivity index (χ1n) is 8.63. The molecular weight excluding hydrogens is 308 g/mol. The number of nitrogens with one attached hydrogen (secondary N) is 1. The second-order valence-electron chi connectivity index (χ2n) is 6.12. The molecule has 0 aliphatic heterocycles. The van der Waals surface area contributed by atoms with Gasteiger partial charge in [-0.2, -0.15) is 4.57 Å². The maximum atomic E-state index is 12.6. The summed E-state index contributed by atoms with van der Waals surface area (Å²) in [4.78, 5) is 12.6. The number of hydrogen-bond donors (Lipinski definition) is 1. The van der Waals surface area contributed by atoms with E-state index in [2.05, 4.69) is 30.4 Å². The highest BCUT2D eigenvalue weighted by atomic mass is 16.2. The van der Waals surface area contributed by atoms with Crippen LogP contribution in [0.2, 0.25) is 0 Å². The third kappa shape index (κ3) is 4.13. The smallest absolute Gasteiger partial charge is 0.293 e. The van der Waals surface area contributed by atoms with Crippen LogP contribution < -0.4 is 9.88 Å². The Morgan fingerprint density at radius 2 is 1.64 bits per heavy atom. The van der Waals surface area contributed by atoms with Crippen LogP contribution >= 0.6 is 0 Å². The number of carbonyl (C=O) groups is 1. The Labute approximate surface area is 149 Å². The van der Waals surface area contributed by atoms with E-state index in [4.69, 9.17) is 0 Å². The molecule has 0 bridgehead atoms. The number of carbonyl (C=O) groups excluding carboxylic acids is 1. The summed E-state index contributed by atoms with van der Waals surface area (Å²) in [5.74, 6) is -0.0283. The van der Waals surface area contributed by atoms with Crippen molar-refractivity contribution < 1.29 is 9.36 Å². The van der Waals surface area contributed by atoms with Gasteiger partial charge >= 0.3 is 0 Å². The largest absolute Gasteiger partial charge is 0.320 e. The number of rotatable bonds is 5. The molecule has 3 aromatic rings. The number of anilines is 1. The lowest BCUT2D eigenvalue weighted by Gasteiger charge is -2.10. The molecule has 25 heavy (non-hydrogen) atoms. The monoisotopic (exact) mass is 331 g/mol. The molecular formula is C22H23N2O+. The van der Waals surface area contributed by atoms with Gasteiger partial charge in [0.2, 0.25) is 6.04 Å². The Morgan fingerprint density at radius 3 is 2.32 bits per heavy atom. The van der Waals surface area contributed by atoms with Crippen LogP contribution in [0.4, 0.5) is 5.69 Å². The van der Waals surface area contributed by atoms with E-state index in [0.717, 1.165) is 23.2 Å². The first-order valence-corrected chi connectivity index (χ1v) is 8.63. The van der Waals surface area contributed by atoms with Crippen molar-refractivity contribution in [2.45, 2.75) is 26.3 Å². The number of benzene rings is 2. The number of pyridine rings is 1. The van der Waals surface area contributed by atoms with Crippen LogP contribution in [0.1, 0.15) is 25.5 Å². The minimum absolute atomic E-state index is 0.0283.